The number of ether oxygens (including phenoxy) is 4. The highest BCUT2D eigenvalue weighted by atomic mass is 32.2. The van der Waals surface area contributed by atoms with Gasteiger partial charge in [0.25, 0.3) is 20.2 Å². The number of azo groups is 3. The lowest BCUT2D eigenvalue weighted by Crippen LogP contribution is -2.07. The zero-order valence-electron chi connectivity index (χ0n) is 37.1. The summed E-state index contributed by atoms with van der Waals surface area (Å²) < 4.78 is 95.6. The standard InChI is InChI=1S/C41H38N12O14S3/c1-42-39-45-40(43-2)47-41(46-39)44-21-10-11-23-20(12-21)13-34(68-67-66-55)37(38(23)54)53-52-29-19-32(64-5)28(18-33(29)65-6)51-50-27-17-30(62-3)26(16-31(27)63-4)49-48-22-14-25-24(36(15-22)70(59,60)61)8-7-9-35(25)69(56,57)58/h7-19,54-55H,1-6H3,(H,56,57,58)(H,59,60,61)(H3,42,43,44,45,46,47). The number of phenols is 1. The van der Waals surface area contributed by atoms with Crippen molar-refractivity contribution in [2.75, 3.05) is 58.5 Å². The fourth-order valence-corrected chi connectivity index (χ4v) is 8.52. The molecule has 364 valence electrons. The Labute approximate surface area is 401 Å². The van der Waals surface area contributed by atoms with E-state index in [1.807, 2.05) is 0 Å². The molecule has 0 aliphatic heterocycles. The molecule has 0 saturated carbocycles. The van der Waals surface area contributed by atoms with Gasteiger partial charge in [-0.3, -0.25) is 9.11 Å². The first-order valence-electron chi connectivity index (χ1n) is 19.6. The Balaban J connectivity index is 1.19. The first-order valence-corrected chi connectivity index (χ1v) is 23.3. The first-order chi connectivity index (χ1) is 33.5. The van der Waals surface area contributed by atoms with Crippen molar-refractivity contribution in [2.45, 2.75) is 14.7 Å². The molecule has 26 nitrogen and oxygen atoms in total. The maximum atomic E-state index is 12.3. The molecule has 0 spiro atoms. The van der Waals surface area contributed by atoms with E-state index >= 15 is 0 Å². The average molecular weight is 1020 g/mol. The van der Waals surface area contributed by atoms with Crippen molar-refractivity contribution >= 4 is 111 Å². The van der Waals surface area contributed by atoms with Crippen LogP contribution in [0.25, 0.3) is 21.5 Å². The lowest BCUT2D eigenvalue weighted by molar-refractivity contribution is -0.432. The van der Waals surface area contributed by atoms with Crippen LogP contribution < -0.4 is 34.9 Å². The molecule has 0 fully saturated rings. The van der Waals surface area contributed by atoms with Gasteiger partial charge in [0.2, 0.25) is 17.8 Å². The van der Waals surface area contributed by atoms with Crippen LogP contribution in [-0.4, -0.2) is 93.8 Å². The third kappa shape index (κ3) is 11.0. The minimum absolute atomic E-state index is 0.0444. The van der Waals surface area contributed by atoms with Crippen molar-refractivity contribution in [3.05, 3.63) is 78.9 Å². The predicted molar refractivity (Wildman–Crippen MR) is 254 cm³/mol. The molecule has 0 bridgehead atoms. The molecule has 70 heavy (non-hydrogen) atoms. The van der Waals surface area contributed by atoms with Crippen LogP contribution >= 0.6 is 12.0 Å². The fourth-order valence-electron chi connectivity index (χ4n) is 6.60. The van der Waals surface area contributed by atoms with E-state index in [0.29, 0.717) is 40.4 Å². The van der Waals surface area contributed by atoms with Crippen molar-refractivity contribution in [1.29, 1.82) is 0 Å². The normalized spacial score (nSPS) is 12.1. The molecule has 0 radical (unpaired) electrons. The number of fused-ring (bicyclic) bond motifs is 2. The highest BCUT2D eigenvalue weighted by Gasteiger charge is 2.23. The summed E-state index contributed by atoms with van der Waals surface area (Å²) in [5, 5.41) is 59.1. The van der Waals surface area contributed by atoms with Gasteiger partial charge in [-0.25, -0.2) is 5.26 Å². The second-order valence-corrected chi connectivity index (χ2v) is 17.4. The van der Waals surface area contributed by atoms with Gasteiger partial charge in [-0.2, -0.15) is 36.9 Å². The van der Waals surface area contributed by atoms with Crippen LogP contribution in [0.3, 0.4) is 0 Å². The van der Waals surface area contributed by atoms with E-state index in [-0.39, 0.29) is 84.5 Å². The Bertz CT molecular complexity index is 3450. The molecule has 29 heteroatoms. The van der Waals surface area contributed by atoms with Crippen LogP contribution in [0.2, 0.25) is 0 Å². The van der Waals surface area contributed by atoms with Gasteiger partial charge < -0.3 is 40.0 Å². The molecule has 0 aliphatic rings. The van der Waals surface area contributed by atoms with Crippen molar-refractivity contribution in [3.63, 3.8) is 0 Å². The topological polar surface area (TPSA) is 354 Å². The number of methoxy groups -OCH3 is 4. The minimum atomic E-state index is -4.91. The third-order valence-electron chi connectivity index (χ3n) is 9.76. The summed E-state index contributed by atoms with van der Waals surface area (Å²) in [5.74, 6) is 1.09. The van der Waals surface area contributed by atoms with Crippen LogP contribution in [0.15, 0.2) is 124 Å². The molecule has 0 atom stereocenters. The predicted octanol–water partition coefficient (Wildman–Crippen LogP) is 9.91. The molecule has 7 rings (SSSR count). The molecule has 0 unspecified atom stereocenters. The fraction of sp³-hybridized carbons (Fsp3) is 0.146. The molecule has 0 amide bonds. The Morgan fingerprint density at radius 3 is 1.59 bits per heavy atom. The molecular weight excluding hydrogens is 981 g/mol. The third-order valence-corrected chi connectivity index (χ3v) is 12.2. The second-order valence-electron chi connectivity index (χ2n) is 13.9. The van der Waals surface area contributed by atoms with E-state index < -0.39 is 30.0 Å². The summed E-state index contributed by atoms with van der Waals surface area (Å²) in [5.41, 5.74) is 0.738. The van der Waals surface area contributed by atoms with Crippen molar-refractivity contribution < 1.29 is 64.6 Å². The number of anilines is 4. The zero-order chi connectivity index (χ0) is 50.3. The summed E-state index contributed by atoms with van der Waals surface area (Å²) in [7, 11) is -0.980. The highest BCUT2D eigenvalue weighted by molar-refractivity contribution is 7.94. The van der Waals surface area contributed by atoms with Gasteiger partial charge in [0, 0.05) is 60.2 Å². The van der Waals surface area contributed by atoms with E-state index in [4.69, 9.17) is 28.5 Å². The number of aromatic hydroxyl groups is 1. The summed E-state index contributed by atoms with van der Waals surface area (Å²) in [4.78, 5) is 11.7. The number of phenolic OH excluding ortho intramolecular Hbond substituents is 1. The molecule has 1 heterocycles. The maximum Gasteiger partial charge on any atom is 0.295 e. The number of nitrogens with zero attached hydrogens (tertiary/aromatic N) is 9. The van der Waals surface area contributed by atoms with Crippen LogP contribution in [0, 0.1) is 0 Å². The van der Waals surface area contributed by atoms with Gasteiger partial charge in [0.15, 0.2) is 5.75 Å². The Morgan fingerprint density at radius 1 is 0.571 bits per heavy atom. The van der Waals surface area contributed by atoms with Crippen LogP contribution in [0.4, 0.5) is 57.7 Å². The van der Waals surface area contributed by atoms with Crippen molar-refractivity contribution in [2.24, 2.45) is 30.7 Å². The van der Waals surface area contributed by atoms with Gasteiger partial charge in [-0.15, -0.1) is 29.9 Å². The number of benzene rings is 6. The van der Waals surface area contributed by atoms with Crippen molar-refractivity contribution in [1.82, 2.24) is 15.0 Å². The lowest BCUT2D eigenvalue weighted by atomic mass is 10.1. The van der Waals surface area contributed by atoms with Gasteiger partial charge in [-0.1, -0.05) is 17.2 Å². The largest absolute Gasteiger partial charge is 0.505 e. The molecule has 0 aliphatic carbocycles. The number of rotatable bonds is 19. The summed E-state index contributed by atoms with van der Waals surface area (Å²) >= 11 is 0.542. The molecule has 0 saturated heterocycles. The van der Waals surface area contributed by atoms with E-state index in [2.05, 4.69) is 66.6 Å². The molecular formula is C41H38N12O14S3. The Kier molecular flexibility index (Phi) is 15.1. The van der Waals surface area contributed by atoms with Crippen molar-refractivity contribution in [3.8, 4) is 28.7 Å². The number of aromatic nitrogens is 3. The summed E-state index contributed by atoms with van der Waals surface area (Å²) in [6, 6.07) is 18.0. The van der Waals surface area contributed by atoms with Crippen LogP contribution in [-0.2, 0) is 29.6 Å². The number of hydrogen-bond donors (Lipinski definition) is 7. The van der Waals surface area contributed by atoms with Gasteiger partial charge >= 0.3 is 0 Å². The molecule has 7 N–H and O–H groups in total. The highest BCUT2D eigenvalue weighted by Crippen LogP contribution is 2.47. The zero-order valence-corrected chi connectivity index (χ0v) is 39.6. The van der Waals surface area contributed by atoms with Gasteiger partial charge in [0.05, 0.1) is 51.1 Å². The van der Waals surface area contributed by atoms with E-state index in [9.17, 15) is 31.0 Å². The molecule has 1 aromatic heterocycles. The summed E-state index contributed by atoms with van der Waals surface area (Å²) in [6.45, 7) is 0. The SMILES string of the molecule is CNc1nc(NC)nc(Nc2ccc3c(O)c(N=Nc4cc(OC)c(N=Nc5cc(OC)c(N=Nc6cc(S(=O)(=O)O)c7cccc(S(=O)(=O)O)c7c6)cc5OC)cc4OC)c(SOOO)cc3c2)n1. The molecule has 7 aromatic rings. The second kappa shape index (κ2) is 21.2. The minimum Gasteiger partial charge on any atom is -0.505 e. The van der Waals surface area contributed by atoms with Gasteiger partial charge in [0.1, 0.15) is 61.2 Å². The van der Waals surface area contributed by atoms with E-state index in [1.165, 1.54) is 70.9 Å². The monoisotopic (exact) mass is 1020 g/mol. The Morgan fingerprint density at radius 2 is 1.09 bits per heavy atom. The van der Waals surface area contributed by atoms with Crippen LogP contribution in [0.5, 0.6) is 28.7 Å². The number of hydrogen-bond acceptors (Lipinski definition) is 25. The van der Waals surface area contributed by atoms with Gasteiger partial charge in [-0.05, 0) is 47.9 Å². The number of nitrogens with one attached hydrogen (secondary N) is 3. The average Bonchev–Trinajstić information content (AvgIpc) is 3.34. The summed E-state index contributed by atoms with van der Waals surface area (Å²) in [6.07, 6.45) is 0. The first kappa shape index (κ1) is 50.0. The lowest BCUT2D eigenvalue weighted by Gasteiger charge is -2.12. The quantitative estimate of drug-likeness (QED) is 0.0130. The van der Waals surface area contributed by atoms with E-state index in [0.717, 1.165) is 12.1 Å². The smallest absolute Gasteiger partial charge is 0.295 e. The Hall–Kier alpha value is -7.90. The molecule has 6 aromatic carbocycles. The van der Waals surface area contributed by atoms with Crippen LogP contribution in [0.1, 0.15) is 0 Å². The van der Waals surface area contributed by atoms with E-state index in [1.54, 1.807) is 38.4 Å². The maximum absolute atomic E-state index is 12.3.